The average Bonchev–Trinajstić information content (AvgIpc) is 2.76. The maximum Gasteiger partial charge on any atom is 0.176 e. The highest BCUT2D eigenvalue weighted by atomic mass is 79.9. The molecule has 1 aromatic rings. The number of carbonyl (C=O) groups is 1. The minimum atomic E-state index is 0.228. The molecule has 1 atom stereocenters. The van der Waals surface area contributed by atoms with E-state index in [0.29, 0.717) is 12.6 Å². The summed E-state index contributed by atoms with van der Waals surface area (Å²) < 4.78 is 0.969. The van der Waals surface area contributed by atoms with Crippen LogP contribution < -0.4 is 0 Å². The minimum Gasteiger partial charge on any atom is -0.293 e. The first kappa shape index (κ1) is 12.8. The van der Waals surface area contributed by atoms with Crippen molar-refractivity contribution in [2.45, 2.75) is 32.2 Å². The number of Topliss-reactive ketones (excluding diaryl/α,β-unsaturated/α-hetero) is 1. The molecular formula is C14H18BrNO. The second kappa shape index (κ2) is 5.78. The molecule has 0 aliphatic carbocycles. The molecule has 0 spiro atoms. The Morgan fingerprint density at radius 2 is 2.35 bits per heavy atom. The van der Waals surface area contributed by atoms with Crippen LogP contribution in [0.4, 0.5) is 0 Å². The van der Waals surface area contributed by atoms with E-state index >= 15 is 0 Å². The van der Waals surface area contributed by atoms with E-state index in [1.807, 2.05) is 24.3 Å². The first-order valence-electron chi connectivity index (χ1n) is 6.23. The largest absolute Gasteiger partial charge is 0.293 e. The molecule has 1 aliphatic rings. The molecular weight excluding hydrogens is 278 g/mol. The van der Waals surface area contributed by atoms with E-state index in [9.17, 15) is 4.79 Å². The van der Waals surface area contributed by atoms with Crippen LogP contribution in [0.2, 0.25) is 0 Å². The van der Waals surface area contributed by atoms with Crippen molar-refractivity contribution in [3.8, 4) is 0 Å². The second-order valence-electron chi connectivity index (χ2n) is 4.61. The molecule has 2 rings (SSSR count). The third kappa shape index (κ3) is 3.17. The summed E-state index contributed by atoms with van der Waals surface area (Å²) in [6.45, 7) is 3.83. The lowest BCUT2D eigenvalue weighted by Gasteiger charge is -2.22. The molecule has 0 N–H and O–H groups in total. The Morgan fingerprint density at radius 3 is 3.06 bits per heavy atom. The van der Waals surface area contributed by atoms with Gasteiger partial charge in [0, 0.05) is 16.1 Å². The van der Waals surface area contributed by atoms with Crippen molar-refractivity contribution in [2.75, 3.05) is 13.1 Å². The summed E-state index contributed by atoms with van der Waals surface area (Å²) in [7, 11) is 0. The van der Waals surface area contributed by atoms with Crippen LogP contribution in [0.1, 0.15) is 36.5 Å². The molecule has 1 heterocycles. The van der Waals surface area contributed by atoms with E-state index in [-0.39, 0.29) is 5.78 Å². The van der Waals surface area contributed by atoms with Crippen molar-refractivity contribution in [3.63, 3.8) is 0 Å². The van der Waals surface area contributed by atoms with Gasteiger partial charge in [-0.25, -0.2) is 0 Å². The number of rotatable bonds is 4. The van der Waals surface area contributed by atoms with Gasteiger partial charge in [0.2, 0.25) is 0 Å². The Kier molecular flexibility index (Phi) is 4.35. The molecule has 0 aromatic heterocycles. The highest BCUT2D eigenvalue weighted by Crippen LogP contribution is 2.20. The predicted octanol–water partition coefficient (Wildman–Crippen LogP) is 3.51. The fourth-order valence-electron chi connectivity index (χ4n) is 2.50. The lowest BCUT2D eigenvalue weighted by atomic mass is 10.1. The fourth-order valence-corrected chi connectivity index (χ4v) is 2.90. The van der Waals surface area contributed by atoms with Gasteiger partial charge in [0.1, 0.15) is 0 Å². The van der Waals surface area contributed by atoms with Crippen LogP contribution >= 0.6 is 15.9 Å². The first-order chi connectivity index (χ1) is 8.20. The first-order valence-corrected chi connectivity index (χ1v) is 7.03. The van der Waals surface area contributed by atoms with Gasteiger partial charge >= 0.3 is 0 Å². The normalized spacial score (nSPS) is 20.7. The number of carbonyl (C=O) groups excluding carboxylic acids is 1. The lowest BCUT2D eigenvalue weighted by Crippen LogP contribution is -2.33. The summed E-state index contributed by atoms with van der Waals surface area (Å²) in [5.74, 6) is 0.228. The van der Waals surface area contributed by atoms with E-state index in [1.165, 1.54) is 12.8 Å². The molecule has 1 unspecified atom stereocenters. The van der Waals surface area contributed by atoms with Crippen LogP contribution in [0.5, 0.6) is 0 Å². The second-order valence-corrected chi connectivity index (χ2v) is 5.52. The maximum atomic E-state index is 12.2. The zero-order valence-electron chi connectivity index (χ0n) is 10.2. The molecule has 1 aliphatic heterocycles. The van der Waals surface area contributed by atoms with Crippen molar-refractivity contribution in [1.29, 1.82) is 0 Å². The molecule has 0 radical (unpaired) electrons. The van der Waals surface area contributed by atoms with E-state index in [0.717, 1.165) is 23.0 Å². The topological polar surface area (TPSA) is 20.3 Å². The van der Waals surface area contributed by atoms with Gasteiger partial charge in [0.15, 0.2) is 5.78 Å². The number of nitrogens with zero attached hydrogens (tertiary/aromatic N) is 1. The van der Waals surface area contributed by atoms with E-state index in [1.54, 1.807) is 0 Å². The van der Waals surface area contributed by atoms with Crippen molar-refractivity contribution in [1.82, 2.24) is 4.90 Å². The van der Waals surface area contributed by atoms with Crippen molar-refractivity contribution < 1.29 is 4.79 Å². The van der Waals surface area contributed by atoms with Gasteiger partial charge in [0.05, 0.1) is 6.54 Å². The summed E-state index contributed by atoms with van der Waals surface area (Å²) in [5.41, 5.74) is 0.807. The number of hydrogen-bond donors (Lipinski definition) is 0. The third-order valence-corrected chi connectivity index (χ3v) is 3.96. The van der Waals surface area contributed by atoms with Crippen LogP contribution in [-0.2, 0) is 0 Å². The molecule has 92 valence electrons. The molecule has 3 heteroatoms. The van der Waals surface area contributed by atoms with E-state index < -0.39 is 0 Å². The number of likely N-dealkylation sites (tertiary alicyclic amines) is 1. The summed E-state index contributed by atoms with van der Waals surface area (Å²) in [6, 6.07) is 8.26. The lowest BCUT2D eigenvalue weighted by molar-refractivity contribution is 0.0920. The van der Waals surface area contributed by atoms with Crippen molar-refractivity contribution in [3.05, 3.63) is 34.3 Å². The van der Waals surface area contributed by atoms with Gasteiger partial charge in [-0.15, -0.1) is 0 Å². The Labute approximate surface area is 111 Å². The number of ketones is 1. The van der Waals surface area contributed by atoms with E-state index in [2.05, 4.69) is 27.8 Å². The Balaban J connectivity index is 2.01. The van der Waals surface area contributed by atoms with Crippen LogP contribution in [0, 0.1) is 0 Å². The van der Waals surface area contributed by atoms with Crippen LogP contribution in [-0.4, -0.2) is 29.8 Å². The number of benzene rings is 1. The Hall–Kier alpha value is -0.670. The van der Waals surface area contributed by atoms with Gasteiger partial charge in [-0.1, -0.05) is 35.0 Å². The van der Waals surface area contributed by atoms with Gasteiger partial charge in [-0.3, -0.25) is 9.69 Å². The summed E-state index contributed by atoms with van der Waals surface area (Å²) in [4.78, 5) is 14.5. The molecule has 0 amide bonds. The average molecular weight is 296 g/mol. The molecule has 1 fully saturated rings. The molecule has 1 saturated heterocycles. The summed E-state index contributed by atoms with van der Waals surface area (Å²) >= 11 is 3.40. The monoisotopic (exact) mass is 295 g/mol. The van der Waals surface area contributed by atoms with Crippen LogP contribution in [0.15, 0.2) is 28.7 Å². The molecule has 17 heavy (non-hydrogen) atoms. The van der Waals surface area contributed by atoms with Gasteiger partial charge in [-0.05, 0) is 37.9 Å². The SMILES string of the molecule is CCC1CCCN1CC(=O)c1cccc(Br)c1. The zero-order chi connectivity index (χ0) is 12.3. The Morgan fingerprint density at radius 1 is 1.53 bits per heavy atom. The summed E-state index contributed by atoms with van der Waals surface area (Å²) in [6.07, 6.45) is 3.61. The molecule has 0 saturated carbocycles. The highest BCUT2D eigenvalue weighted by molar-refractivity contribution is 9.10. The van der Waals surface area contributed by atoms with E-state index in [4.69, 9.17) is 0 Å². The molecule has 2 nitrogen and oxygen atoms in total. The predicted molar refractivity (Wildman–Crippen MR) is 73.4 cm³/mol. The quantitative estimate of drug-likeness (QED) is 0.793. The summed E-state index contributed by atoms with van der Waals surface area (Å²) in [5, 5.41) is 0. The highest BCUT2D eigenvalue weighted by Gasteiger charge is 2.24. The zero-order valence-corrected chi connectivity index (χ0v) is 11.7. The number of halogens is 1. The van der Waals surface area contributed by atoms with Crippen LogP contribution in [0.25, 0.3) is 0 Å². The van der Waals surface area contributed by atoms with Gasteiger partial charge in [0.25, 0.3) is 0 Å². The molecule has 0 bridgehead atoms. The molecule has 1 aromatic carbocycles. The fraction of sp³-hybridized carbons (Fsp3) is 0.500. The minimum absolute atomic E-state index is 0.228. The van der Waals surface area contributed by atoms with Gasteiger partial charge in [-0.2, -0.15) is 0 Å². The Bertz CT molecular complexity index is 405. The van der Waals surface area contributed by atoms with Crippen molar-refractivity contribution >= 4 is 21.7 Å². The van der Waals surface area contributed by atoms with Gasteiger partial charge < -0.3 is 0 Å². The third-order valence-electron chi connectivity index (χ3n) is 3.46. The smallest absolute Gasteiger partial charge is 0.176 e. The van der Waals surface area contributed by atoms with Crippen molar-refractivity contribution in [2.24, 2.45) is 0 Å². The van der Waals surface area contributed by atoms with Crippen LogP contribution in [0.3, 0.4) is 0 Å². The standard InChI is InChI=1S/C14H18BrNO/c1-2-13-7-4-8-16(13)10-14(17)11-5-3-6-12(15)9-11/h3,5-6,9,13H,2,4,7-8,10H2,1H3. The maximum absolute atomic E-state index is 12.2. The number of hydrogen-bond acceptors (Lipinski definition) is 2.